The van der Waals surface area contributed by atoms with E-state index in [1.165, 1.54) is 7.11 Å². The molecule has 0 radical (unpaired) electrons. The van der Waals surface area contributed by atoms with Crippen LogP contribution in [0.4, 0.5) is 13.2 Å². The van der Waals surface area contributed by atoms with Crippen LogP contribution in [0.1, 0.15) is 10.4 Å². The van der Waals surface area contributed by atoms with E-state index in [1.54, 1.807) is 5.32 Å². The normalized spacial score (nSPS) is 12.1. The number of amides is 1. The Kier molecular flexibility index (Phi) is 5.23. The van der Waals surface area contributed by atoms with Crippen molar-refractivity contribution in [3.63, 3.8) is 0 Å². The molecule has 0 spiro atoms. The lowest BCUT2D eigenvalue weighted by Gasteiger charge is -2.12. The van der Waals surface area contributed by atoms with Gasteiger partial charge in [-0.05, 0) is 28.1 Å². The predicted molar refractivity (Wildman–Crippen MR) is 70.5 cm³/mol. The molecule has 11 heteroatoms. The van der Waals surface area contributed by atoms with E-state index in [-0.39, 0.29) is 15.8 Å². The fraction of sp³-hybridized carbons (Fsp3) is 0.300. The maximum atomic E-state index is 12.0. The highest BCUT2D eigenvalue weighted by Crippen LogP contribution is 2.33. The largest absolute Gasteiger partial charge is 0.494 e. The van der Waals surface area contributed by atoms with Gasteiger partial charge in [0.25, 0.3) is 5.91 Å². The van der Waals surface area contributed by atoms with Gasteiger partial charge in [-0.1, -0.05) is 0 Å². The second-order valence-corrected chi connectivity index (χ2v) is 6.22. The van der Waals surface area contributed by atoms with Gasteiger partial charge in [0.05, 0.1) is 11.6 Å². The molecule has 0 saturated carbocycles. The number of methoxy groups -OCH3 is 1. The number of hydrogen-bond donors (Lipinski definition) is 2. The third-order valence-corrected chi connectivity index (χ3v) is 3.74. The van der Waals surface area contributed by atoms with E-state index in [1.807, 2.05) is 0 Å². The molecule has 0 fully saturated rings. The molecule has 0 aliphatic carbocycles. The molecular weight excluding hydrogens is 381 g/mol. The molecule has 0 unspecified atom stereocenters. The van der Waals surface area contributed by atoms with Crippen LogP contribution in [0.15, 0.2) is 21.5 Å². The fourth-order valence-electron chi connectivity index (χ4n) is 1.39. The predicted octanol–water partition coefficient (Wildman–Crippen LogP) is 1.40. The van der Waals surface area contributed by atoms with Gasteiger partial charge in [-0.15, -0.1) is 0 Å². The van der Waals surface area contributed by atoms with E-state index in [9.17, 15) is 26.4 Å². The molecule has 21 heavy (non-hydrogen) atoms. The monoisotopic (exact) mass is 390 g/mol. The standard InChI is InChI=1S/C10H10BrF3N2O4S/c1-20-8-6(11)2-5(3-7(8)21(15,18)19)9(17)16-4-10(12,13)14/h2-3H,4H2,1H3,(H,16,17)(H2,15,18,19). The summed E-state index contributed by atoms with van der Waals surface area (Å²) in [5.74, 6) is -1.24. The Hall–Kier alpha value is -1.33. The molecule has 1 rings (SSSR count). The number of halogens is 4. The number of benzene rings is 1. The number of alkyl halides is 3. The molecule has 118 valence electrons. The van der Waals surface area contributed by atoms with Crippen molar-refractivity contribution in [1.82, 2.24) is 5.32 Å². The van der Waals surface area contributed by atoms with Gasteiger partial charge in [-0.25, -0.2) is 13.6 Å². The van der Waals surface area contributed by atoms with E-state index in [0.717, 1.165) is 12.1 Å². The summed E-state index contributed by atoms with van der Waals surface area (Å²) < 4.78 is 63.9. The minimum absolute atomic E-state index is 0.0636. The summed E-state index contributed by atoms with van der Waals surface area (Å²) in [6.45, 7) is -1.54. The molecular formula is C10H10BrF3N2O4S. The summed E-state index contributed by atoms with van der Waals surface area (Å²) in [5, 5.41) is 6.60. The van der Waals surface area contributed by atoms with Gasteiger partial charge in [0, 0.05) is 5.56 Å². The molecule has 1 aromatic rings. The van der Waals surface area contributed by atoms with Crippen molar-refractivity contribution in [1.29, 1.82) is 0 Å². The molecule has 0 saturated heterocycles. The van der Waals surface area contributed by atoms with Crippen LogP contribution >= 0.6 is 15.9 Å². The summed E-state index contributed by atoms with van der Waals surface area (Å²) in [7, 11) is -3.05. The van der Waals surface area contributed by atoms with Crippen molar-refractivity contribution in [2.24, 2.45) is 5.14 Å². The average molecular weight is 391 g/mol. The number of hydrogen-bond acceptors (Lipinski definition) is 4. The van der Waals surface area contributed by atoms with Crippen LogP contribution in [0.2, 0.25) is 0 Å². The molecule has 6 nitrogen and oxygen atoms in total. The van der Waals surface area contributed by atoms with Crippen LogP contribution in [0.3, 0.4) is 0 Å². The Bertz CT molecular complexity index is 661. The molecule has 0 heterocycles. The second kappa shape index (κ2) is 6.20. The SMILES string of the molecule is COc1c(Br)cc(C(=O)NCC(F)(F)F)cc1S(N)(=O)=O. The first-order valence-electron chi connectivity index (χ1n) is 5.21. The van der Waals surface area contributed by atoms with E-state index in [2.05, 4.69) is 15.9 Å². The minimum atomic E-state index is -4.58. The van der Waals surface area contributed by atoms with Gasteiger partial charge in [0.1, 0.15) is 11.4 Å². The third-order valence-electron chi connectivity index (χ3n) is 2.23. The number of primary sulfonamides is 1. The Morgan fingerprint density at radius 3 is 2.43 bits per heavy atom. The number of nitrogens with two attached hydrogens (primary N) is 1. The summed E-state index contributed by atoms with van der Waals surface area (Å²) in [5.41, 5.74) is -0.309. The number of carbonyl (C=O) groups is 1. The van der Waals surface area contributed by atoms with E-state index < -0.39 is 33.5 Å². The van der Waals surface area contributed by atoms with Crippen LogP contribution in [-0.2, 0) is 10.0 Å². The average Bonchev–Trinajstić information content (AvgIpc) is 2.32. The molecule has 0 aliphatic heterocycles. The van der Waals surface area contributed by atoms with Gasteiger partial charge >= 0.3 is 6.18 Å². The molecule has 0 aromatic heterocycles. The zero-order chi connectivity index (χ0) is 16.4. The van der Waals surface area contributed by atoms with Gasteiger partial charge < -0.3 is 10.1 Å². The van der Waals surface area contributed by atoms with Crippen molar-refractivity contribution in [3.8, 4) is 5.75 Å². The number of carbonyl (C=O) groups excluding carboxylic acids is 1. The second-order valence-electron chi connectivity index (χ2n) is 3.83. The van der Waals surface area contributed by atoms with E-state index in [4.69, 9.17) is 9.88 Å². The fourth-order valence-corrected chi connectivity index (χ4v) is 2.89. The molecule has 3 N–H and O–H groups in total. The Labute approximate surface area is 126 Å². The topological polar surface area (TPSA) is 98.5 Å². The highest BCUT2D eigenvalue weighted by atomic mass is 79.9. The first kappa shape index (κ1) is 17.7. The summed E-state index contributed by atoms with van der Waals surface area (Å²) in [6.07, 6.45) is -4.58. The number of rotatable bonds is 4. The lowest BCUT2D eigenvalue weighted by atomic mass is 10.2. The van der Waals surface area contributed by atoms with Crippen LogP contribution in [0, 0.1) is 0 Å². The van der Waals surface area contributed by atoms with Crippen molar-refractivity contribution in [2.45, 2.75) is 11.1 Å². The summed E-state index contributed by atoms with van der Waals surface area (Å²) in [4.78, 5) is 11.1. The summed E-state index contributed by atoms with van der Waals surface area (Å²) >= 11 is 2.96. The molecule has 0 aliphatic rings. The molecule has 0 atom stereocenters. The van der Waals surface area contributed by atoms with Crippen LogP contribution in [0.25, 0.3) is 0 Å². The lowest BCUT2D eigenvalue weighted by molar-refractivity contribution is -0.123. The molecule has 1 aromatic carbocycles. The van der Waals surface area contributed by atoms with Gasteiger partial charge in [0.2, 0.25) is 10.0 Å². The zero-order valence-corrected chi connectivity index (χ0v) is 12.9. The van der Waals surface area contributed by atoms with Gasteiger partial charge in [-0.3, -0.25) is 4.79 Å². The minimum Gasteiger partial charge on any atom is -0.494 e. The zero-order valence-electron chi connectivity index (χ0n) is 10.5. The number of ether oxygens (including phenoxy) is 1. The number of nitrogens with one attached hydrogen (secondary N) is 1. The lowest BCUT2D eigenvalue weighted by Crippen LogP contribution is -2.33. The molecule has 1 amide bonds. The quantitative estimate of drug-likeness (QED) is 0.811. The Morgan fingerprint density at radius 1 is 1.43 bits per heavy atom. The maximum absolute atomic E-state index is 12.0. The third kappa shape index (κ3) is 4.86. The highest BCUT2D eigenvalue weighted by Gasteiger charge is 2.28. The Balaban J connectivity index is 3.22. The number of sulfonamides is 1. The van der Waals surface area contributed by atoms with Crippen molar-refractivity contribution in [2.75, 3.05) is 13.7 Å². The summed E-state index contributed by atoms with van der Waals surface area (Å²) in [6, 6.07) is 1.96. The van der Waals surface area contributed by atoms with Crippen molar-refractivity contribution in [3.05, 3.63) is 22.2 Å². The van der Waals surface area contributed by atoms with Crippen LogP contribution in [-0.4, -0.2) is 34.2 Å². The highest BCUT2D eigenvalue weighted by molar-refractivity contribution is 9.10. The first-order valence-corrected chi connectivity index (χ1v) is 7.55. The van der Waals surface area contributed by atoms with Gasteiger partial charge in [-0.2, -0.15) is 13.2 Å². The maximum Gasteiger partial charge on any atom is 0.405 e. The molecule has 0 bridgehead atoms. The first-order chi connectivity index (χ1) is 9.45. The van der Waals surface area contributed by atoms with Crippen LogP contribution in [0.5, 0.6) is 5.75 Å². The van der Waals surface area contributed by atoms with Crippen molar-refractivity contribution >= 4 is 31.9 Å². The van der Waals surface area contributed by atoms with Crippen LogP contribution < -0.4 is 15.2 Å². The van der Waals surface area contributed by atoms with Gasteiger partial charge in [0.15, 0.2) is 5.75 Å². The van der Waals surface area contributed by atoms with E-state index >= 15 is 0 Å². The smallest absolute Gasteiger partial charge is 0.405 e. The Morgan fingerprint density at radius 2 is 2.00 bits per heavy atom. The van der Waals surface area contributed by atoms with E-state index in [0.29, 0.717) is 0 Å². The van der Waals surface area contributed by atoms with Crippen molar-refractivity contribution < 1.29 is 31.1 Å².